The minimum Gasteiger partial charge on any atom is -0.396 e. The van der Waals surface area contributed by atoms with Gasteiger partial charge < -0.3 is 5.11 Å². The van der Waals surface area contributed by atoms with Crippen molar-refractivity contribution in [3.05, 3.63) is 35.1 Å². The van der Waals surface area contributed by atoms with Crippen molar-refractivity contribution in [1.29, 1.82) is 0 Å². The zero-order valence-corrected chi connectivity index (χ0v) is 10.9. The monoisotopic (exact) mass is 239 g/mol. The minimum absolute atomic E-state index is 0.184. The summed E-state index contributed by atoms with van der Waals surface area (Å²) in [5.41, 5.74) is 2.14. The van der Waals surface area contributed by atoms with Crippen molar-refractivity contribution in [3.8, 4) is 0 Å². The molecule has 0 aromatic heterocycles. The topological polar surface area (TPSA) is 23.5 Å². The van der Waals surface area contributed by atoms with E-state index in [-0.39, 0.29) is 12.4 Å². The van der Waals surface area contributed by atoms with Crippen LogP contribution in [0.25, 0.3) is 0 Å². The van der Waals surface area contributed by atoms with Crippen molar-refractivity contribution in [2.75, 3.05) is 13.2 Å². The predicted octanol–water partition coefficient (Wildman–Crippen LogP) is 2.73. The second-order valence-corrected chi connectivity index (χ2v) is 4.71. The van der Waals surface area contributed by atoms with Crippen LogP contribution in [0.3, 0.4) is 0 Å². The van der Waals surface area contributed by atoms with E-state index in [0.29, 0.717) is 6.04 Å². The molecule has 0 fully saturated rings. The Labute approximate surface area is 103 Å². The van der Waals surface area contributed by atoms with Crippen LogP contribution in [0.1, 0.15) is 31.4 Å². The standard InChI is InChI=1S/C14H22FNO/c1-11(2)16(7-4-8-17)10-13-9-14(15)6-5-12(13)3/h5-6,9,11,17H,4,7-8,10H2,1-3H3. The lowest BCUT2D eigenvalue weighted by Gasteiger charge is -2.27. The number of aliphatic hydroxyl groups excluding tert-OH is 1. The summed E-state index contributed by atoms with van der Waals surface area (Å²) in [7, 11) is 0. The first-order valence-corrected chi connectivity index (χ1v) is 6.14. The van der Waals surface area contributed by atoms with E-state index in [2.05, 4.69) is 18.7 Å². The van der Waals surface area contributed by atoms with Crippen molar-refractivity contribution < 1.29 is 9.50 Å². The third-order valence-corrected chi connectivity index (χ3v) is 3.02. The number of aliphatic hydroxyl groups is 1. The minimum atomic E-state index is -0.184. The van der Waals surface area contributed by atoms with Crippen molar-refractivity contribution in [2.24, 2.45) is 0 Å². The number of aryl methyl sites for hydroxylation is 1. The highest BCUT2D eigenvalue weighted by atomic mass is 19.1. The fraction of sp³-hybridized carbons (Fsp3) is 0.571. The molecule has 0 bridgehead atoms. The normalized spacial score (nSPS) is 11.5. The van der Waals surface area contributed by atoms with Gasteiger partial charge >= 0.3 is 0 Å². The number of benzene rings is 1. The number of rotatable bonds is 6. The summed E-state index contributed by atoms with van der Waals surface area (Å²) in [5, 5.41) is 8.88. The molecular weight excluding hydrogens is 217 g/mol. The Bertz CT molecular complexity index is 352. The lowest BCUT2D eigenvalue weighted by atomic mass is 10.1. The Balaban J connectivity index is 2.74. The average Bonchev–Trinajstić information content (AvgIpc) is 2.28. The predicted molar refractivity (Wildman–Crippen MR) is 68.4 cm³/mol. The molecule has 0 saturated heterocycles. The summed E-state index contributed by atoms with van der Waals surface area (Å²) in [4.78, 5) is 2.25. The van der Waals surface area contributed by atoms with Crippen molar-refractivity contribution in [2.45, 2.75) is 39.8 Å². The molecule has 96 valence electrons. The van der Waals surface area contributed by atoms with Gasteiger partial charge in [0.25, 0.3) is 0 Å². The summed E-state index contributed by atoms with van der Waals surface area (Å²) >= 11 is 0. The van der Waals surface area contributed by atoms with Crippen LogP contribution >= 0.6 is 0 Å². The molecule has 1 rings (SSSR count). The summed E-state index contributed by atoms with van der Waals surface area (Å²) < 4.78 is 13.2. The molecule has 0 heterocycles. The number of hydrogen-bond donors (Lipinski definition) is 1. The van der Waals surface area contributed by atoms with E-state index >= 15 is 0 Å². The summed E-state index contributed by atoms with van der Waals surface area (Å²) in [5.74, 6) is -0.184. The fourth-order valence-electron chi connectivity index (χ4n) is 1.82. The molecule has 0 spiro atoms. The van der Waals surface area contributed by atoms with E-state index in [1.807, 2.05) is 13.0 Å². The second kappa shape index (κ2) is 6.72. The van der Waals surface area contributed by atoms with Crippen molar-refractivity contribution >= 4 is 0 Å². The van der Waals surface area contributed by atoms with Gasteiger partial charge in [0.05, 0.1) is 0 Å². The first-order valence-electron chi connectivity index (χ1n) is 6.14. The van der Waals surface area contributed by atoms with Gasteiger partial charge in [-0.05, 0) is 50.5 Å². The molecule has 2 nitrogen and oxygen atoms in total. The molecule has 0 aliphatic rings. The molecule has 0 aliphatic carbocycles. The molecule has 3 heteroatoms. The summed E-state index contributed by atoms with van der Waals surface area (Å²) in [6.45, 7) is 8.01. The van der Waals surface area contributed by atoms with E-state index in [4.69, 9.17) is 5.11 Å². The second-order valence-electron chi connectivity index (χ2n) is 4.71. The number of hydrogen-bond acceptors (Lipinski definition) is 2. The third kappa shape index (κ3) is 4.44. The highest BCUT2D eigenvalue weighted by molar-refractivity contribution is 5.26. The molecule has 0 amide bonds. The maximum absolute atomic E-state index is 13.2. The van der Waals surface area contributed by atoms with Gasteiger partial charge in [0, 0.05) is 25.7 Å². The molecule has 0 unspecified atom stereocenters. The van der Waals surface area contributed by atoms with Crippen LogP contribution in [-0.2, 0) is 6.54 Å². The Morgan fingerprint density at radius 1 is 1.35 bits per heavy atom. The molecule has 0 radical (unpaired) electrons. The van der Waals surface area contributed by atoms with Crippen LogP contribution in [-0.4, -0.2) is 29.2 Å². The average molecular weight is 239 g/mol. The zero-order chi connectivity index (χ0) is 12.8. The lowest BCUT2D eigenvalue weighted by Crippen LogP contribution is -2.32. The van der Waals surface area contributed by atoms with Crippen LogP contribution < -0.4 is 0 Å². The highest BCUT2D eigenvalue weighted by Gasteiger charge is 2.11. The SMILES string of the molecule is Cc1ccc(F)cc1CN(CCCO)C(C)C. The van der Waals surface area contributed by atoms with Gasteiger partial charge in [-0.3, -0.25) is 4.90 Å². The van der Waals surface area contributed by atoms with E-state index in [1.165, 1.54) is 6.07 Å². The quantitative estimate of drug-likeness (QED) is 0.825. The maximum Gasteiger partial charge on any atom is 0.123 e. The van der Waals surface area contributed by atoms with E-state index in [9.17, 15) is 4.39 Å². The van der Waals surface area contributed by atoms with Gasteiger partial charge in [-0.2, -0.15) is 0 Å². The van der Waals surface area contributed by atoms with Crippen LogP contribution in [0.2, 0.25) is 0 Å². The first-order chi connectivity index (χ1) is 8.04. The van der Waals surface area contributed by atoms with E-state index in [1.54, 1.807) is 6.07 Å². The van der Waals surface area contributed by atoms with Gasteiger partial charge in [0.1, 0.15) is 5.82 Å². The Morgan fingerprint density at radius 2 is 2.06 bits per heavy atom. The van der Waals surface area contributed by atoms with Crippen molar-refractivity contribution in [1.82, 2.24) is 4.90 Å². The Morgan fingerprint density at radius 3 is 2.65 bits per heavy atom. The third-order valence-electron chi connectivity index (χ3n) is 3.02. The Kier molecular flexibility index (Phi) is 5.59. The van der Waals surface area contributed by atoms with Crippen LogP contribution in [0, 0.1) is 12.7 Å². The Hall–Kier alpha value is -0.930. The van der Waals surface area contributed by atoms with E-state index < -0.39 is 0 Å². The van der Waals surface area contributed by atoms with Crippen LogP contribution in [0.4, 0.5) is 4.39 Å². The van der Waals surface area contributed by atoms with Crippen LogP contribution in [0.5, 0.6) is 0 Å². The molecule has 17 heavy (non-hydrogen) atoms. The van der Waals surface area contributed by atoms with Crippen molar-refractivity contribution in [3.63, 3.8) is 0 Å². The van der Waals surface area contributed by atoms with Gasteiger partial charge in [0.15, 0.2) is 0 Å². The molecule has 1 N–H and O–H groups in total. The summed E-state index contributed by atoms with van der Waals surface area (Å²) in [6, 6.07) is 5.30. The number of nitrogens with zero attached hydrogens (tertiary/aromatic N) is 1. The molecule has 0 aliphatic heterocycles. The van der Waals surface area contributed by atoms with E-state index in [0.717, 1.165) is 30.6 Å². The van der Waals surface area contributed by atoms with Gasteiger partial charge in [0.2, 0.25) is 0 Å². The smallest absolute Gasteiger partial charge is 0.123 e. The number of halogens is 1. The van der Waals surface area contributed by atoms with Gasteiger partial charge in [-0.1, -0.05) is 6.07 Å². The lowest BCUT2D eigenvalue weighted by molar-refractivity contribution is 0.184. The highest BCUT2D eigenvalue weighted by Crippen LogP contribution is 2.14. The molecule has 0 atom stereocenters. The zero-order valence-electron chi connectivity index (χ0n) is 10.9. The maximum atomic E-state index is 13.2. The molecule has 1 aromatic carbocycles. The first kappa shape index (κ1) is 14.1. The van der Waals surface area contributed by atoms with Gasteiger partial charge in [-0.15, -0.1) is 0 Å². The molecule has 1 aromatic rings. The molecular formula is C14H22FNO. The van der Waals surface area contributed by atoms with Gasteiger partial charge in [-0.25, -0.2) is 4.39 Å². The van der Waals surface area contributed by atoms with Crippen LogP contribution in [0.15, 0.2) is 18.2 Å². The molecule has 0 saturated carbocycles. The largest absolute Gasteiger partial charge is 0.396 e. The fourth-order valence-corrected chi connectivity index (χ4v) is 1.82. The summed E-state index contributed by atoms with van der Waals surface area (Å²) in [6.07, 6.45) is 0.756.